The molecular formula is C17H15F3N6. The largest absolute Gasteiger partial charge is 0.416 e. The van der Waals surface area contributed by atoms with Crippen LogP contribution in [0, 0.1) is 0 Å². The quantitative estimate of drug-likeness (QED) is 0.848. The third kappa shape index (κ3) is 3.11. The van der Waals surface area contributed by atoms with Crippen LogP contribution in [0.1, 0.15) is 5.56 Å². The van der Waals surface area contributed by atoms with Gasteiger partial charge in [-0.2, -0.15) is 18.3 Å². The van der Waals surface area contributed by atoms with Crippen LogP contribution >= 0.6 is 0 Å². The molecule has 0 saturated carbocycles. The first-order chi connectivity index (χ1) is 12.0. The zero-order valence-electron chi connectivity index (χ0n) is 13.5. The highest BCUT2D eigenvalue weighted by Crippen LogP contribution is 2.31. The van der Waals surface area contributed by atoms with E-state index in [1.807, 2.05) is 35.6 Å². The SMILES string of the molecule is FC(F)(F)c1ccc(-c2cc(N3NC=C4C=CC=CN43)ncn2)cc1.N. The molecule has 1 aromatic carbocycles. The molecule has 0 fully saturated rings. The van der Waals surface area contributed by atoms with E-state index in [9.17, 15) is 13.2 Å². The summed E-state index contributed by atoms with van der Waals surface area (Å²) in [6.07, 6.45) is 6.45. The van der Waals surface area contributed by atoms with Gasteiger partial charge < -0.3 is 6.15 Å². The number of fused-ring (bicyclic) bond motifs is 1. The number of hydrogen-bond acceptors (Lipinski definition) is 6. The van der Waals surface area contributed by atoms with Crippen molar-refractivity contribution in [2.45, 2.75) is 6.18 Å². The van der Waals surface area contributed by atoms with Gasteiger partial charge >= 0.3 is 6.18 Å². The Kier molecular flexibility index (Phi) is 4.39. The smallest absolute Gasteiger partial charge is 0.344 e. The number of hydrazine groups is 2. The van der Waals surface area contributed by atoms with Crippen molar-refractivity contribution in [3.63, 3.8) is 0 Å². The van der Waals surface area contributed by atoms with Crippen molar-refractivity contribution in [3.8, 4) is 11.3 Å². The van der Waals surface area contributed by atoms with Crippen LogP contribution in [0.2, 0.25) is 0 Å². The minimum atomic E-state index is -4.36. The number of anilines is 1. The lowest BCUT2D eigenvalue weighted by molar-refractivity contribution is -0.137. The molecule has 0 amide bonds. The number of nitrogens with zero attached hydrogens (tertiary/aromatic N) is 4. The van der Waals surface area contributed by atoms with Gasteiger partial charge in [-0.3, -0.25) is 5.43 Å². The Morgan fingerprint density at radius 2 is 1.77 bits per heavy atom. The number of hydrogen-bond donors (Lipinski definition) is 2. The highest BCUT2D eigenvalue weighted by Gasteiger charge is 2.30. The summed E-state index contributed by atoms with van der Waals surface area (Å²) in [4.78, 5) is 8.40. The van der Waals surface area contributed by atoms with Crippen molar-refractivity contribution in [2.24, 2.45) is 0 Å². The van der Waals surface area contributed by atoms with Crippen LogP contribution in [0.4, 0.5) is 19.0 Å². The Bertz CT molecular complexity index is 886. The maximum Gasteiger partial charge on any atom is 0.416 e. The first-order valence-electron chi connectivity index (χ1n) is 7.42. The van der Waals surface area contributed by atoms with Crippen LogP contribution < -0.4 is 16.7 Å². The summed E-state index contributed by atoms with van der Waals surface area (Å²) in [5.41, 5.74) is 4.45. The van der Waals surface area contributed by atoms with E-state index in [2.05, 4.69) is 15.4 Å². The molecule has 0 atom stereocenters. The van der Waals surface area contributed by atoms with Crippen LogP contribution in [0.25, 0.3) is 11.3 Å². The Morgan fingerprint density at radius 3 is 2.50 bits per heavy atom. The maximum atomic E-state index is 12.7. The van der Waals surface area contributed by atoms with E-state index in [0.29, 0.717) is 17.1 Å². The van der Waals surface area contributed by atoms with Crippen LogP contribution in [0.15, 0.2) is 73.0 Å². The average Bonchev–Trinajstić information content (AvgIpc) is 3.05. The van der Waals surface area contributed by atoms with Gasteiger partial charge in [0.2, 0.25) is 0 Å². The minimum Gasteiger partial charge on any atom is -0.344 e. The van der Waals surface area contributed by atoms with Crippen LogP contribution in [-0.4, -0.2) is 15.0 Å². The standard InChI is InChI=1S/C17H12F3N5.H3N/c18-17(19,20)13-6-4-12(5-7-13)15-9-16(22-11-21-15)25-23-10-14-3-1-2-8-24(14)25;/h1-11,23H;1H3. The highest BCUT2D eigenvalue weighted by molar-refractivity contribution is 5.63. The van der Waals surface area contributed by atoms with Crippen molar-refractivity contribution >= 4 is 5.82 Å². The molecule has 2 aromatic rings. The van der Waals surface area contributed by atoms with Gasteiger partial charge in [-0.25, -0.2) is 15.0 Å². The molecule has 0 spiro atoms. The number of nitrogens with one attached hydrogen (secondary N) is 1. The Morgan fingerprint density at radius 1 is 1.00 bits per heavy atom. The van der Waals surface area contributed by atoms with E-state index in [-0.39, 0.29) is 6.15 Å². The van der Waals surface area contributed by atoms with Crippen LogP contribution in [0.5, 0.6) is 0 Å². The van der Waals surface area contributed by atoms with Crippen LogP contribution in [0.3, 0.4) is 0 Å². The van der Waals surface area contributed by atoms with E-state index >= 15 is 0 Å². The first-order valence-corrected chi connectivity index (χ1v) is 7.42. The van der Waals surface area contributed by atoms with Crippen molar-refractivity contribution in [2.75, 3.05) is 5.12 Å². The minimum absolute atomic E-state index is 0. The zero-order chi connectivity index (χ0) is 17.4. The van der Waals surface area contributed by atoms with Gasteiger partial charge in [0.1, 0.15) is 6.33 Å². The average molecular weight is 360 g/mol. The molecule has 134 valence electrons. The normalized spacial score (nSPS) is 15.3. The Hall–Kier alpha value is -3.33. The van der Waals surface area contributed by atoms with Gasteiger partial charge in [-0.15, -0.1) is 0 Å². The third-order valence-electron chi connectivity index (χ3n) is 3.80. The topological polar surface area (TPSA) is 79.3 Å². The summed E-state index contributed by atoms with van der Waals surface area (Å²) in [6.45, 7) is 0. The molecule has 1 aromatic heterocycles. The number of aromatic nitrogens is 2. The Balaban J connectivity index is 0.00000196. The number of benzene rings is 1. The van der Waals surface area contributed by atoms with E-state index in [1.54, 1.807) is 11.2 Å². The second-order valence-electron chi connectivity index (χ2n) is 5.39. The fourth-order valence-corrected chi connectivity index (χ4v) is 2.56. The van der Waals surface area contributed by atoms with E-state index in [0.717, 1.165) is 17.8 Å². The molecule has 6 nitrogen and oxygen atoms in total. The van der Waals surface area contributed by atoms with Gasteiger partial charge in [0.25, 0.3) is 0 Å². The molecule has 9 heteroatoms. The molecule has 0 aliphatic carbocycles. The van der Waals surface area contributed by atoms with E-state index < -0.39 is 11.7 Å². The number of allylic oxidation sites excluding steroid dienone is 3. The Labute approximate surface area is 147 Å². The third-order valence-corrected chi connectivity index (χ3v) is 3.80. The summed E-state index contributed by atoms with van der Waals surface area (Å²) in [7, 11) is 0. The number of halogens is 3. The van der Waals surface area contributed by atoms with Gasteiger partial charge in [0.05, 0.1) is 17.0 Å². The van der Waals surface area contributed by atoms with Crippen LogP contribution in [-0.2, 0) is 6.18 Å². The molecule has 0 unspecified atom stereocenters. The maximum absolute atomic E-state index is 12.7. The molecule has 0 radical (unpaired) electrons. The second kappa shape index (κ2) is 6.52. The summed E-state index contributed by atoms with van der Waals surface area (Å²) >= 11 is 0. The second-order valence-corrected chi connectivity index (χ2v) is 5.39. The predicted molar refractivity (Wildman–Crippen MR) is 91.3 cm³/mol. The summed E-state index contributed by atoms with van der Waals surface area (Å²) in [5, 5.41) is 3.57. The summed E-state index contributed by atoms with van der Waals surface area (Å²) in [5.74, 6) is 0.566. The number of rotatable bonds is 2. The molecule has 3 heterocycles. The van der Waals surface area contributed by atoms with Gasteiger partial charge in [-0.1, -0.05) is 18.2 Å². The molecule has 4 rings (SSSR count). The summed E-state index contributed by atoms with van der Waals surface area (Å²) in [6, 6.07) is 6.60. The molecule has 2 aliphatic heterocycles. The van der Waals surface area contributed by atoms with E-state index in [4.69, 9.17) is 0 Å². The molecule has 0 saturated heterocycles. The lowest BCUT2D eigenvalue weighted by atomic mass is 10.1. The monoisotopic (exact) mass is 360 g/mol. The fraction of sp³-hybridized carbons (Fsp3) is 0.0588. The molecule has 2 aliphatic rings. The van der Waals surface area contributed by atoms with Crippen molar-refractivity contribution in [1.29, 1.82) is 0 Å². The summed E-state index contributed by atoms with van der Waals surface area (Å²) < 4.78 is 38.1. The molecule has 26 heavy (non-hydrogen) atoms. The zero-order valence-corrected chi connectivity index (χ0v) is 13.5. The van der Waals surface area contributed by atoms with Crippen molar-refractivity contribution in [1.82, 2.24) is 26.6 Å². The van der Waals surface area contributed by atoms with Crippen molar-refractivity contribution < 1.29 is 13.2 Å². The van der Waals surface area contributed by atoms with Crippen molar-refractivity contribution in [3.05, 3.63) is 78.5 Å². The lowest BCUT2D eigenvalue weighted by Crippen LogP contribution is -2.40. The number of alkyl halides is 3. The lowest BCUT2D eigenvalue weighted by Gasteiger charge is -2.29. The predicted octanol–water partition coefficient (Wildman–Crippen LogP) is 3.79. The van der Waals surface area contributed by atoms with Gasteiger partial charge in [0.15, 0.2) is 5.82 Å². The first kappa shape index (κ1) is 17.5. The van der Waals surface area contributed by atoms with Gasteiger partial charge in [-0.05, 0) is 24.3 Å². The molecular weight excluding hydrogens is 345 g/mol. The molecule has 0 bridgehead atoms. The molecule has 4 N–H and O–H groups in total. The van der Waals surface area contributed by atoms with Gasteiger partial charge in [0, 0.05) is 24.0 Å². The fourth-order valence-electron chi connectivity index (χ4n) is 2.56. The van der Waals surface area contributed by atoms with E-state index in [1.165, 1.54) is 18.5 Å². The highest BCUT2D eigenvalue weighted by atomic mass is 19.4.